The number of rotatable bonds is 9. The van der Waals surface area contributed by atoms with E-state index < -0.39 is 0 Å². The van der Waals surface area contributed by atoms with Crippen molar-refractivity contribution < 1.29 is 0 Å². The first-order chi connectivity index (χ1) is 14.8. The van der Waals surface area contributed by atoms with Gasteiger partial charge in [0, 0.05) is 11.1 Å². The van der Waals surface area contributed by atoms with Crippen LogP contribution < -0.4 is 0 Å². The fourth-order valence-corrected chi connectivity index (χ4v) is 6.76. The molecule has 0 saturated carbocycles. The molecule has 0 heterocycles. The van der Waals surface area contributed by atoms with Crippen molar-refractivity contribution in [2.24, 2.45) is 17.8 Å². The van der Waals surface area contributed by atoms with Crippen molar-refractivity contribution in [2.75, 3.05) is 0 Å². The molecule has 0 spiro atoms. The Balaban J connectivity index is 2.29. The summed E-state index contributed by atoms with van der Waals surface area (Å²) < 4.78 is 0. The molecular formula is C30H39S+. The molecule has 3 aromatic rings. The van der Waals surface area contributed by atoms with Gasteiger partial charge in [-0.25, -0.2) is 0 Å². The molecule has 0 saturated heterocycles. The standard InChI is InChI=1S/C30H39S/c1-22(2)17-25-20-26(18-23(3)4)30(27(21-25)19-24(5)6)31(28-13-9-7-10-14-28)29-15-11-8-12-16-29/h7-16,20-24H,17-19H2,1-6H3/q+1. The Bertz CT molecular complexity index is 868. The molecule has 0 aliphatic heterocycles. The van der Waals surface area contributed by atoms with Crippen LogP contribution in [-0.4, -0.2) is 0 Å². The minimum atomic E-state index is -0.0915. The molecule has 0 bridgehead atoms. The van der Waals surface area contributed by atoms with E-state index in [9.17, 15) is 0 Å². The summed E-state index contributed by atoms with van der Waals surface area (Å²) in [5.74, 6) is 1.94. The van der Waals surface area contributed by atoms with E-state index in [1.165, 1.54) is 15.4 Å². The molecule has 3 rings (SSSR count). The Morgan fingerprint density at radius 2 is 0.935 bits per heavy atom. The molecule has 0 fully saturated rings. The monoisotopic (exact) mass is 431 g/mol. The van der Waals surface area contributed by atoms with E-state index in [1.54, 1.807) is 16.0 Å². The third kappa shape index (κ3) is 6.50. The maximum Gasteiger partial charge on any atom is 0.172 e. The van der Waals surface area contributed by atoms with Crippen molar-refractivity contribution in [3.05, 3.63) is 89.5 Å². The van der Waals surface area contributed by atoms with E-state index in [-0.39, 0.29) is 10.9 Å². The maximum absolute atomic E-state index is 2.53. The Kier molecular flexibility index (Phi) is 8.43. The topological polar surface area (TPSA) is 0 Å². The zero-order chi connectivity index (χ0) is 22.4. The average Bonchev–Trinajstić information content (AvgIpc) is 2.70. The van der Waals surface area contributed by atoms with Crippen LogP contribution in [-0.2, 0) is 30.2 Å². The smallest absolute Gasteiger partial charge is 0.0625 e. The number of hydrogen-bond acceptors (Lipinski definition) is 0. The second-order valence-corrected chi connectivity index (χ2v) is 11.9. The molecule has 0 aliphatic rings. The van der Waals surface area contributed by atoms with E-state index in [0.717, 1.165) is 19.3 Å². The van der Waals surface area contributed by atoms with Crippen molar-refractivity contribution >= 4 is 10.9 Å². The summed E-state index contributed by atoms with van der Waals surface area (Å²) in [4.78, 5) is 4.41. The molecule has 0 aliphatic carbocycles. The van der Waals surface area contributed by atoms with Gasteiger partial charge in [0.05, 0.1) is 10.9 Å². The predicted octanol–water partition coefficient (Wildman–Crippen LogP) is 8.38. The zero-order valence-electron chi connectivity index (χ0n) is 20.2. The maximum atomic E-state index is 2.53. The third-order valence-electron chi connectivity index (χ3n) is 5.36. The molecular weight excluding hydrogens is 392 g/mol. The van der Waals surface area contributed by atoms with Crippen LogP contribution in [0.4, 0.5) is 0 Å². The first-order valence-corrected chi connectivity index (χ1v) is 13.1. The fraction of sp³-hybridized carbons (Fsp3) is 0.400. The van der Waals surface area contributed by atoms with Crippen molar-refractivity contribution in [3.8, 4) is 0 Å². The first-order valence-electron chi connectivity index (χ1n) is 11.8. The predicted molar refractivity (Wildman–Crippen MR) is 137 cm³/mol. The van der Waals surface area contributed by atoms with Crippen molar-refractivity contribution in [1.29, 1.82) is 0 Å². The van der Waals surface area contributed by atoms with E-state index in [2.05, 4.69) is 114 Å². The second kappa shape index (κ2) is 11.0. The highest BCUT2D eigenvalue weighted by Gasteiger charge is 2.34. The van der Waals surface area contributed by atoms with Crippen LogP contribution in [0, 0.1) is 17.8 Å². The van der Waals surface area contributed by atoms with E-state index >= 15 is 0 Å². The zero-order valence-corrected chi connectivity index (χ0v) is 21.0. The fourth-order valence-electron chi connectivity index (χ4n) is 4.35. The lowest BCUT2D eigenvalue weighted by atomic mass is 9.91. The SMILES string of the molecule is CC(C)Cc1cc(CC(C)C)c([S+](c2ccccc2)c2ccccc2)c(CC(C)C)c1. The molecule has 0 aromatic heterocycles. The minimum Gasteiger partial charge on any atom is -0.0625 e. The lowest BCUT2D eigenvalue weighted by Crippen LogP contribution is -2.15. The van der Waals surface area contributed by atoms with Crippen LogP contribution in [0.5, 0.6) is 0 Å². The number of hydrogen-bond donors (Lipinski definition) is 0. The highest BCUT2D eigenvalue weighted by molar-refractivity contribution is 7.97. The van der Waals surface area contributed by atoms with Crippen molar-refractivity contribution in [3.63, 3.8) is 0 Å². The van der Waals surface area contributed by atoms with E-state index in [1.807, 2.05) is 0 Å². The summed E-state index contributed by atoms with van der Waals surface area (Å²) in [6, 6.07) is 27.4. The van der Waals surface area contributed by atoms with Gasteiger partial charge in [0.2, 0.25) is 0 Å². The largest absolute Gasteiger partial charge is 0.172 e. The van der Waals surface area contributed by atoms with Gasteiger partial charge in [0.15, 0.2) is 14.7 Å². The summed E-state index contributed by atoms with van der Waals surface area (Å²) in [6.07, 6.45) is 3.42. The minimum absolute atomic E-state index is 0.0915. The normalized spacial score (nSPS) is 11.8. The van der Waals surface area contributed by atoms with Crippen LogP contribution in [0.15, 0.2) is 87.5 Å². The van der Waals surface area contributed by atoms with Crippen LogP contribution in [0.25, 0.3) is 0 Å². The van der Waals surface area contributed by atoms with Gasteiger partial charge in [0.25, 0.3) is 0 Å². The van der Waals surface area contributed by atoms with E-state index in [4.69, 9.17) is 0 Å². The number of benzene rings is 3. The van der Waals surface area contributed by atoms with Gasteiger partial charge in [-0.2, -0.15) is 0 Å². The highest BCUT2D eigenvalue weighted by Crippen LogP contribution is 2.38. The van der Waals surface area contributed by atoms with Gasteiger partial charge in [-0.1, -0.05) is 90.1 Å². The Morgan fingerprint density at radius 3 is 1.29 bits per heavy atom. The van der Waals surface area contributed by atoms with E-state index in [0.29, 0.717) is 17.8 Å². The molecule has 0 nitrogen and oxygen atoms in total. The summed E-state index contributed by atoms with van der Waals surface area (Å²) in [5.41, 5.74) is 4.62. The molecule has 0 amide bonds. The van der Waals surface area contributed by atoms with Gasteiger partial charge >= 0.3 is 0 Å². The molecule has 0 N–H and O–H groups in total. The van der Waals surface area contributed by atoms with Gasteiger partial charge in [0.1, 0.15) is 0 Å². The first kappa shape index (κ1) is 23.7. The van der Waals surface area contributed by atoms with Crippen molar-refractivity contribution in [2.45, 2.75) is 75.5 Å². The summed E-state index contributed by atoms with van der Waals surface area (Å²) in [5, 5.41) is 0. The molecule has 0 atom stereocenters. The summed E-state index contributed by atoms with van der Waals surface area (Å²) >= 11 is 0. The molecule has 164 valence electrons. The van der Waals surface area contributed by atoms with Crippen LogP contribution in [0.3, 0.4) is 0 Å². The Hall–Kier alpha value is -1.99. The van der Waals surface area contributed by atoms with Crippen LogP contribution >= 0.6 is 0 Å². The quantitative estimate of drug-likeness (QED) is 0.298. The third-order valence-corrected chi connectivity index (χ3v) is 7.78. The average molecular weight is 432 g/mol. The van der Waals surface area contributed by atoms with Gasteiger partial charge in [-0.15, -0.1) is 0 Å². The lowest BCUT2D eigenvalue weighted by Gasteiger charge is -2.20. The highest BCUT2D eigenvalue weighted by atomic mass is 32.2. The Morgan fingerprint density at radius 1 is 0.548 bits per heavy atom. The van der Waals surface area contributed by atoms with Crippen LogP contribution in [0.1, 0.15) is 58.2 Å². The summed E-state index contributed by atoms with van der Waals surface area (Å²) in [7, 11) is -0.0915. The van der Waals surface area contributed by atoms with Gasteiger partial charge in [-0.3, -0.25) is 0 Å². The molecule has 0 radical (unpaired) electrons. The van der Waals surface area contributed by atoms with Crippen LogP contribution in [0.2, 0.25) is 0 Å². The molecule has 31 heavy (non-hydrogen) atoms. The summed E-state index contributed by atoms with van der Waals surface area (Å²) in [6.45, 7) is 14.1. The molecule has 3 aromatic carbocycles. The molecule has 0 unspecified atom stereocenters. The van der Waals surface area contributed by atoms with Crippen molar-refractivity contribution in [1.82, 2.24) is 0 Å². The second-order valence-electron chi connectivity index (χ2n) is 9.97. The van der Waals surface area contributed by atoms with Gasteiger partial charge in [-0.05, 0) is 66.8 Å². The Labute approximate surface area is 193 Å². The lowest BCUT2D eigenvalue weighted by molar-refractivity contribution is 0.613. The molecule has 1 heteroatoms. The van der Waals surface area contributed by atoms with Gasteiger partial charge < -0.3 is 0 Å².